The summed E-state index contributed by atoms with van der Waals surface area (Å²) in [6, 6.07) is 8.44. The number of imide groups is 1. The highest BCUT2D eigenvalue weighted by Crippen LogP contribution is 2.35. The Bertz CT molecular complexity index is 1300. The van der Waals surface area contributed by atoms with Gasteiger partial charge in [0.15, 0.2) is 0 Å². The fourth-order valence-corrected chi connectivity index (χ4v) is 5.50. The van der Waals surface area contributed by atoms with Crippen LogP contribution in [0.1, 0.15) is 42.0 Å². The van der Waals surface area contributed by atoms with Gasteiger partial charge in [0.25, 0.3) is 11.1 Å². The van der Waals surface area contributed by atoms with Gasteiger partial charge in [-0.05, 0) is 86.1 Å². The van der Waals surface area contributed by atoms with Gasteiger partial charge in [-0.2, -0.15) is 13.2 Å². The first-order valence-corrected chi connectivity index (χ1v) is 13.7. The van der Waals surface area contributed by atoms with E-state index in [1.807, 2.05) is 0 Å². The van der Waals surface area contributed by atoms with Gasteiger partial charge in [-0.1, -0.05) is 23.7 Å². The molecule has 208 valence electrons. The van der Waals surface area contributed by atoms with E-state index in [0.29, 0.717) is 29.9 Å². The van der Waals surface area contributed by atoms with Crippen LogP contribution in [0.2, 0.25) is 5.02 Å². The Hall–Kier alpha value is -3.02. The van der Waals surface area contributed by atoms with Gasteiger partial charge < -0.3 is 15.0 Å². The van der Waals surface area contributed by atoms with Crippen molar-refractivity contribution in [1.29, 1.82) is 5.41 Å². The molecule has 2 aliphatic rings. The van der Waals surface area contributed by atoms with E-state index in [-0.39, 0.29) is 45.7 Å². The Morgan fingerprint density at radius 3 is 2.59 bits per heavy atom. The largest absolute Gasteiger partial charge is 0.478 e. The van der Waals surface area contributed by atoms with Crippen LogP contribution in [0, 0.1) is 5.41 Å². The van der Waals surface area contributed by atoms with Crippen molar-refractivity contribution in [3.63, 3.8) is 0 Å². The molecule has 2 amide bonds. The van der Waals surface area contributed by atoms with E-state index < -0.39 is 11.7 Å². The van der Waals surface area contributed by atoms with Gasteiger partial charge in [0.1, 0.15) is 0 Å². The number of amides is 2. The van der Waals surface area contributed by atoms with Crippen LogP contribution in [-0.2, 0) is 22.3 Å². The summed E-state index contributed by atoms with van der Waals surface area (Å²) >= 11 is 6.64. The van der Waals surface area contributed by atoms with Gasteiger partial charge in [0.05, 0.1) is 22.6 Å². The van der Waals surface area contributed by atoms with E-state index in [9.17, 15) is 22.8 Å². The number of carbonyl (C=O) groups excluding carboxylic acids is 2. The SMILES string of the molecule is CCOC(=N)c1cc(C=C2SC(=O)N(CCN3CCCC3)C2=O)ccc1NCc1ccc(Cl)cc1C(F)(F)F. The van der Waals surface area contributed by atoms with Gasteiger partial charge in [0, 0.05) is 30.3 Å². The fourth-order valence-electron chi connectivity index (χ4n) is 4.46. The minimum Gasteiger partial charge on any atom is -0.478 e. The Kier molecular flexibility index (Phi) is 9.24. The molecule has 12 heteroatoms. The van der Waals surface area contributed by atoms with Crippen LogP contribution in [0.4, 0.5) is 23.7 Å². The molecule has 0 aromatic heterocycles. The lowest BCUT2D eigenvalue weighted by molar-refractivity contribution is -0.138. The Labute approximate surface area is 233 Å². The third kappa shape index (κ3) is 7.14. The fraction of sp³-hybridized carbons (Fsp3) is 0.370. The molecule has 2 saturated heterocycles. The molecule has 0 unspecified atom stereocenters. The Balaban J connectivity index is 1.54. The second-order valence-electron chi connectivity index (χ2n) is 9.10. The molecule has 0 bridgehead atoms. The van der Waals surface area contributed by atoms with E-state index >= 15 is 0 Å². The molecule has 2 aliphatic heterocycles. The highest BCUT2D eigenvalue weighted by Gasteiger charge is 2.35. The lowest BCUT2D eigenvalue weighted by atomic mass is 10.0. The van der Waals surface area contributed by atoms with Gasteiger partial charge in [0.2, 0.25) is 5.90 Å². The smallest absolute Gasteiger partial charge is 0.416 e. The van der Waals surface area contributed by atoms with Crippen molar-refractivity contribution < 1.29 is 27.5 Å². The zero-order valence-electron chi connectivity index (χ0n) is 21.2. The molecule has 0 atom stereocenters. The molecule has 39 heavy (non-hydrogen) atoms. The van der Waals surface area contributed by atoms with Crippen molar-refractivity contribution in [3.05, 3.63) is 68.6 Å². The maximum Gasteiger partial charge on any atom is 0.416 e. The summed E-state index contributed by atoms with van der Waals surface area (Å²) in [5.41, 5.74) is 0.384. The van der Waals surface area contributed by atoms with E-state index in [2.05, 4.69) is 10.2 Å². The van der Waals surface area contributed by atoms with E-state index in [4.69, 9.17) is 21.7 Å². The lowest BCUT2D eigenvalue weighted by Crippen LogP contribution is -2.36. The van der Waals surface area contributed by atoms with E-state index in [1.165, 1.54) is 17.0 Å². The number of nitrogens with zero attached hydrogens (tertiary/aromatic N) is 2. The number of alkyl halides is 3. The van der Waals surface area contributed by atoms with Crippen molar-refractivity contribution >= 4 is 52.2 Å². The first-order valence-electron chi connectivity index (χ1n) is 12.5. The van der Waals surface area contributed by atoms with Gasteiger partial charge in [-0.3, -0.25) is 19.9 Å². The van der Waals surface area contributed by atoms with Crippen molar-refractivity contribution in [2.24, 2.45) is 0 Å². The number of ether oxygens (including phenoxy) is 1. The number of halogens is 4. The minimum absolute atomic E-state index is 0.00697. The average Bonchev–Trinajstić information content (AvgIpc) is 3.49. The highest BCUT2D eigenvalue weighted by molar-refractivity contribution is 8.18. The normalized spacial score (nSPS) is 17.4. The average molecular weight is 581 g/mol. The van der Waals surface area contributed by atoms with Crippen LogP contribution in [0.25, 0.3) is 6.08 Å². The summed E-state index contributed by atoms with van der Waals surface area (Å²) in [5, 5.41) is 10.9. The third-order valence-electron chi connectivity index (χ3n) is 6.43. The molecule has 2 aromatic rings. The lowest BCUT2D eigenvalue weighted by Gasteiger charge is -2.18. The summed E-state index contributed by atoms with van der Waals surface area (Å²) in [7, 11) is 0. The molecule has 2 N–H and O–H groups in total. The van der Waals surface area contributed by atoms with Crippen LogP contribution in [-0.4, -0.2) is 59.6 Å². The van der Waals surface area contributed by atoms with Crippen LogP contribution in [0.3, 0.4) is 0 Å². The number of nitrogens with one attached hydrogen (secondary N) is 2. The molecular weight excluding hydrogens is 553 g/mol. The molecule has 4 rings (SSSR count). The summed E-state index contributed by atoms with van der Waals surface area (Å²) < 4.78 is 45.9. The van der Waals surface area contributed by atoms with Crippen molar-refractivity contribution in [3.8, 4) is 0 Å². The Morgan fingerprint density at radius 2 is 1.90 bits per heavy atom. The molecule has 0 saturated carbocycles. The maximum absolute atomic E-state index is 13.5. The maximum atomic E-state index is 13.5. The molecule has 0 radical (unpaired) electrons. The van der Waals surface area contributed by atoms with Gasteiger partial charge in [-0.25, -0.2) is 0 Å². The molecule has 0 aliphatic carbocycles. The molecule has 7 nitrogen and oxygen atoms in total. The molecule has 2 heterocycles. The van der Waals surface area contributed by atoms with Crippen LogP contribution in [0.15, 0.2) is 41.3 Å². The van der Waals surface area contributed by atoms with Crippen molar-refractivity contribution in [2.75, 3.05) is 38.1 Å². The first-order chi connectivity index (χ1) is 18.6. The summed E-state index contributed by atoms with van der Waals surface area (Å²) in [6.45, 7) is 4.67. The molecule has 2 fully saturated rings. The molecular formula is C27H28ClF3N4O3S. The van der Waals surface area contributed by atoms with Crippen LogP contribution >= 0.6 is 23.4 Å². The molecule has 2 aromatic carbocycles. The predicted octanol–water partition coefficient (Wildman–Crippen LogP) is 6.46. The summed E-state index contributed by atoms with van der Waals surface area (Å²) in [5.74, 6) is -0.545. The zero-order chi connectivity index (χ0) is 28.2. The zero-order valence-corrected chi connectivity index (χ0v) is 22.8. The first kappa shape index (κ1) is 29.0. The monoisotopic (exact) mass is 580 g/mol. The number of rotatable bonds is 9. The van der Waals surface area contributed by atoms with E-state index in [1.54, 1.807) is 31.2 Å². The third-order valence-corrected chi connectivity index (χ3v) is 7.58. The van der Waals surface area contributed by atoms with Crippen LogP contribution < -0.4 is 5.32 Å². The quantitative estimate of drug-likeness (QED) is 0.201. The number of hydrogen-bond donors (Lipinski definition) is 2. The predicted molar refractivity (Wildman–Crippen MR) is 147 cm³/mol. The highest BCUT2D eigenvalue weighted by atomic mass is 35.5. The van der Waals surface area contributed by atoms with Crippen LogP contribution in [0.5, 0.6) is 0 Å². The number of carbonyl (C=O) groups is 2. The number of anilines is 1. The number of thioether (sulfide) groups is 1. The van der Waals surface area contributed by atoms with E-state index in [0.717, 1.165) is 43.8 Å². The number of hydrogen-bond acceptors (Lipinski definition) is 7. The topological polar surface area (TPSA) is 85.7 Å². The second kappa shape index (κ2) is 12.4. The second-order valence-corrected chi connectivity index (χ2v) is 10.5. The standard InChI is InChI=1S/C27H28ClF3N4O3S/c1-2-38-24(32)20-13-17(14-23-25(36)35(26(37)39-23)12-11-34-9-3-4-10-34)5-8-22(20)33-16-18-6-7-19(28)15-21(18)27(29,30)31/h5-8,13-15,32-33H,2-4,9-12,16H2,1H3. The summed E-state index contributed by atoms with van der Waals surface area (Å²) in [6.07, 6.45) is -0.762. The summed E-state index contributed by atoms with van der Waals surface area (Å²) in [4.78, 5) is 29.2. The van der Waals surface area contributed by atoms with Crippen molar-refractivity contribution in [1.82, 2.24) is 9.80 Å². The Morgan fingerprint density at radius 1 is 1.15 bits per heavy atom. The number of benzene rings is 2. The number of likely N-dealkylation sites (tertiary alicyclic amines) is 1. The van der Waals surface area contributed by atoms with Crippen molar-refractivity contribution in [2.45, 2.75) is 32.5 Å². The molecule has 0 spiro atoms. The minimum atomic E-state index is -4.58. The van der Waals surface area contributed by atoms with Gasteiger partial charge in [-0.15, -0.1) is 0 Å². The van der Waals surface area contributed by atoms with Gasteiger partial charge >= 0.3 is 6.18 Å².